The van der Waals surface area contributed by atoms with Gasteiger partial charge in [-0.15, -0.1) is 0 Å². The van der Waals surface area contributed by atoms with Crippen LogP contribution in [0.2, 0.25) is 0 Å². The average Bonchev–Trinajstić information content (AvgIpc) is 2.07. The van der Waals surface area contributed by atoms with Gasteiger partial charge in [0.05, 0.1) is 0 Å². The van der Waals surface area contributed by atoms with Crippen LogP contribution in [0.4, 0.5) is 0 Å². The second kappa shape index (κ2) is 4.28. The summed E-state index contributed by atoms with van der Waals surface area (Å²) in [6.07, 6.45) is 1.90. The quantitative estimate of drug-likeness (QED) is 0.745. The zero-order valence-electron chi connectivity index (χ0n) is 8.25. The zero-order valence-corrected chi connectivity index (χ0v) is 8.25. The highest BCUT2D eigenvalue weighted by atomic mass is 16.3. The molecule has 0 aliphatic carbocycles. The normalized spacial score (nSPS) is 12.8. The first-order valence-corrected chi connectivity index (χ1v) is 4.63. The van der Waals surface area contributed by atoms with E-state index >= 15 is 0 Å². The maximum absolute atomic E-state index is 9.43. The molecule has 0 aromatic heterocycles. The van der Waals surface area contributed by atoms with Gasteiger partial charge < -0.3 is 10.8 Å². The molecule has 1 atom stereocenters. The van der Waals surface area contributed by atoms with Crippen molar-refractivity contribution in [1.82, 2.24) is 0 Å². The van der Waals surface area contributed by atoms with Crippen molar-refractivity contribution in [2.75, 3.05) is 0 Å². The summed E-state index contributed by atoms with van der Waals surface area (Å²) in [7, 11) is 0. The Labute approximate surface area is 79.4 Å². The molecule has 0 spiro atoms. The molecular weight excluding hydrogens is 162 g/mol. The largest absolute Gasteiger partial charge is 0.508 e. The van der Waals surface area contributed by atoms with Crippen LogP contribution >= 0.6 is 0 Å². The summed E-state index contributed by atoms with van der Waals surface area (Å²) in [5.74, 6) is 0.377. The summed E-state index contributed by atoms with van der Waals surface area (Å²) in [6.45, 7) is 3.89. The molecule has 1 aromatic rings. The first-order chi connectivity index (χ1) is 6.09. The summed E-state index contributed by atoms with van der Waals surface area (Å²) in [4.78, 5) is 0. The van der Waals surface area contributed by atoms with E-state index in [-0.39, 0.29) is 6.04 Å². The highest BCUT2D eigenvalue weighted by Gasteiger charge is 2.00. The summed E-state index contributed by atoms with van der Waals surface area (Å²) < 4.78 is 0. The Morgan fingerprint density at radius 3 is 2.69 bits per heavy atom. The fourth-order valence-electron chi connectivity index (χ4n) is 1.20. The zero-order chi connectivity index (χ0) is 9.84. The standard InChI is InChI=1S/C11H17NO/c1-8-3-5-10(7-11(8)13)6-4-9(2)12/h3,5,7,9,13H,4,6,12H2,1-2H3. The van der Waals surface area contributed by atoms with Gasteiger partial charge in [-0.3, -0.25) is 0 Å². The van der Waals surface area contributed by atoms with Crippen molar-refractivity contribution in [2.45, 2.75) is 32.7 Å². The lowest BCUT2D eigenvalue weighted by atomic mass is 10.0. The van der Waals surface area contributed by atoms with Gasteiger partial charge in [0.25, 0.3) is 0 Å². The summed E-state index contributed by atoms with van der Waals surface area (Å²) >= 11 is 0. The molecule has 72 valence electrons. The van der Waals surface area contributed by atoms with Crippen LogP contribution < -0.4 is 5.73 Å². The SMILES string of the molecule is Cc1ccc(CCC(C)N)cc1O. The van der Waals surface area contributed by atoms with Gasteiger partial charge in [0, 0.05) is 6.04 Å². The van der Waals surface area contributed by atoms with Crippen LogP contribution in [0.25, 0.3) is 0 Å². The Kier molecular flexibility index (Phi) is 3.32. The van der Waals surface area contributed by atoms with Gasteiger partial charge in [0.1, 0.15) is 5.75 Å². The van der Waals surface area contributed by atoms with E-state index in [1.54, 1.807) is 0 Å². The van der Waals surface area contributed by atoms with Gasteiger partial charge in [-0.25, -0.2) is 0 Å². The molecule has 0 saturated carbocycles. The molecule has 1 rings (SSSR count). The Bertz CT molecular complexity index is 281. The van der Waals surface area contributed by atoms with Gasteiger partial charge in [-0.2, -0.15) is 0 Å². The van der Waals surface area contributed by atoms with Crippen LogP contribution in [0, 0.1) is 6.92 Å². The predicted octanol–water partition coefficient (Wildman–Crippen LogP) is 1.98. The second-order valence-corrected chi connectivity index (χ2v) is 3.64. The monoisotopic (exact) mass is 179 g/mol. The molecule has 0 fully saturated rings. The topological polar surface area (TPSA) is 46.2 Å². The predicted molar refractivity (Wildman–Crippen MR) is 54.8 cm³/mol. The molecule has 0 radical (unpaired) electrons. The molecular formula is C11H17NO. The van der Waals surface area contributed by atoms with Crippen molar-refractivity contribution < 1.29 is 5.11 Å². The van der Waals surface area contributed by atoms with Gasteiger partial charge in [-0.05, 0) is 43.9 Å². The Morgan fingerprint density at radius 2 is 2.15 bits per heavy atom. The van der Waals surface area contributed by atoms with Crippen LogP contribution in [0.1, 0.15) is 24.5 Å². The number of phenolic OH excluding ortho intramolecular Hbond substituents is 1. The third kappa shape index (κ3) is 3.07. The highest BCUT2D eigenvalue weighted by Crippen LogP contribution is 2.18. The molecule has 3 N–H and O–H groups in total. The highest BCUT2D eigenvalue weighted by molar-refractivity contribution is 5.35. The van der Waals surface area contributed by atoms with E-state index in [0.717, 1.165) is 24.0 Å². The molecule has 0 heterocycles. The van der Waals surface area contributed by atoms with Crippen LogP contribution in [0.5, 0.6) is 5.75 Å². The lowest BCUT2D eigenvalue weighted by molar-refractivity contribution is 0.470. The molecule has 13 heavy (non-hydrogen) atoms. The molecule has 0 amide bonds. The molecule has 0 aliphatic heterocycles. The van der Waals surface area contributed by atoms with Crippen LogP contribution in [-0.4, -0.2) is 11.1 Å². The van der Waals surface area contributed by atoms with E-state index in [0.29, 0.717) is 5.75 Å². The Morgan fingerprint density at radius 1 is 1.46 bits per heavy atom. The van der Waals surface area contributed by atoms with Gasteiger partial charge in [-0.1, -0.05) is 12.1 Å². The first-order valence-electron chi connectivity index (χ1n) is 4.63. The van der Waals surface area contributed by atoms with E-state index in [9.17, 15) is 5.11 Å². The van der Waals surface area contributed by atoms with Gasteiger partial charge >= 0.3 is 0 Å². The van der Waals surface area contributed by atoms with Crippen LogP contribution in [0.3, 0.4) is 0 Å². The number of rotatable bonds is 3. The van der Waals surface area contributed by atoms with E-state index in [1.165, 1.54) is 0 Å². The first kappa shape index (κ1) is 10.1. The van der Waals surface area contributed by atoms with Gasteiger partial charge in [0.15, 0.2) is 0 Å². The number of hydrogen-bond acceptors (Lipinski definition) is 2. The van der Waals surface area contributed by atoms with Crippen molar-refractivity contribution in [1.29, 1.82) is 0 Å². The van der Waals surface area contributed by atoms with Crippen molar-refractivity contribution in [3.63, 3.8) is 0 Å². The Hall–Kier alpha value is -1.02. The minimum Gasteiger partial charge on any atom is -0.508 e. The molecule has 0 aliphatic rings. The van der Waals surface area contributed by atoms with Crippen molar-refractivity contribution in [3.8, 4) is 5.75 Å². The minimum atomic E-state index is 0.225. The van der Waals surface area contributed by atoms with E-state index in [2.05, 4.69) is 0 Å². The summed E-state index contributed by atoms with van der Waals surface area (Å²) in [5.41, 5.74) is 7.72. The number of aromatic hydroxyl groups is 1. The Balaban J connectivity index is 2.63. The van der Waals surface area contributed by atoms with Crippen molar-refractivity contribution in [3.05, 3.63) is 29.3 Å². The average molecular weight is 179 g/mol. The molecule has 2 nitrogen and oxygen atoms in total. The fraction of sp³-hybridized carbons (Fsp3) is 0.455. The van der Waals surface area contributed by atoms with Crippen molar-refractivity contribution in [2.24, 2.45) is 5.73 Å². The smallest absolute Gasteiger partial charge is 0.118 e. The minimum absolute atomic E-state index is 0.225. The lowest BCUT2D eigenvalue weighted by Gasteiger charge is -2.06. The van der Waals surface area contributed by atoms with E-state index in [1.807, 2.05) is 32.0 Å². The molecule has 0 bridgehead atoms. The summed E-state index contributed by atoms with van der Waals surface area (Å²) in [5, 5.41) is 9.43. The maximum atomic E-state index is 9.43. The number of phenols is 1. The lowest BCUT2D eigenvalue weighted by Crippen LogP contribution is -2.15. The molecule has 2 heteroatoms. The van der Waals surface area contributed by atoms with Gasteiger partial charge in [0.2, 0.25) is 0 Å². The third-order valence-corrected chi connectivity index (χ3v) is 2.16. The number of benzene rings is 1. The molecule has 1 unspecified atom stereocenters. The maximum Gasteiger partial charge on any atom is 0.118 e. The van der Waals surface area contributed by atoms with Crippen molar-refractivity contribution >= 4 is 0 Å². The summed E-state index contributed by atoms with van der Waals surface area (Å²) in [6, 6.07) is 6.02. The second-order valence-electron chi connectivity index (χ2n) is 3.64. The van der Waals surface area contributed by atoms with E-state index in [4.69, 9.17) is 5.73 Å². The molecule has 0 saturated heterocycles. The van der Waals surface area contributed by atoms with Crippen LogP contribution in [-0.2, 0) is 6.42 Å². The fourth-order valence-corrected chi connectivity index (χ4v) is 1.20. The van der Waals surface area contributed by atoms with E-state index < -0.39 is 0 Å². The number of hydrogen-bond donors (Lipinski definition) is 2. The van der Waals surface area contributed by atoms with Crippen LogP contribution in [0.15, 0.2) is 18.2 Å². The number of nitrogens with two attached hydrogens (primary N) is 1. The number of aryl methyl sites for hydroxylation is 2. The molecule has 1 aromatic carbocycles. The third-order valence-electron chi connectivity index (χ3n) is 2.16.